The Bertz CT molecular complexity index is 814. The molecule has 0 aliphatic carbocycles. The minimum atomic E-state index is -2.80. The first-order valence-corrected chi connectivity index (χ1v) is 9.91. The van der Waals surface area contributed by atoms with Crippen molar-refractivity contribution in [2.45, 2.75) is 0 Å². The van der Waals surface area contributed by atoms with E-state index in [4.69, 9.17) is 0 Å². The largest absolute Gasteiger partial charge is 0.309 e. The molecule has 23 heavy (non-hydrogen) atoms. The second-order valence-corrected chi connectivity index (χ2v) is 8.76. The predicted molar refractivity (Wildman–Crippen MR) is 103 cm³/mol. The summed E-state index contributed by atoms with van der Waals surface area (Å²) in [6.45, 7) is 0. The summed E-state index contributed by atoms with van der Waals surface area (Å²) in [7, 11) is -2.80. The molecule has 0 bridgehead atoms. The van der Waals surface area contributed by atoms with Crippen molar-refractivity contribution in [2.24, 2.45) is 0 Å². The molecular formula is C20H16BrOP. The van der Waals surface area contributed by atoms with Crippen LogP contribution >= 0.6 is 23.1 Å². The molecule has 0 heterocycles. The Morgan fingerprint density at radius 1 is 0.739 bits per heavy atom. The predicted octanol–water partition coefficient (Wildman–Crippen LogP) is 5.43. The van der Waals surface area contributed by atoms with Crippen LogP contribution in [0.5, 0.6) is 0 Å². The van der Waals surface area contributed by atoms with Gasteiger partial charge in [0.2, 0.25) is 0 Å². The molecule has 0 radical (unpaired) electrons. The minimum absolute atomic E-state index is 0.845. The van der Waals surface area contributed by atoms with Crippen molar-refractivity contribution in [3.63, 3.8) is 0 Å². The third-order valence-electron chi connectivity index (χ3n) is 3.61. The van der Waals surface area contributed by atoms with Crippen LogP contribution in [0.15, 0.2) is 95.2 Å². The Morgan fingerprint density at radius 2 is 1.30 bits per heavy atom. The maximum atomic E-state index is 13.8. The second-order valence-electron chi connectivity index (χ2n) is 5.20. The first-order chi connectivity index (χ1) is 11.2. The first kappa shape index (κ1) is 16.0. The highest BCUT2D eigenvalue weighted by molar-refractivity contribution is 9.10. The summed E-state index contributed by atoms with van der Waals surface area (Å²) in [5, 5.41) is 1.69. The summed E-state index contributed by atoms with van der Waals surface area (Å²) in [6, 6.07) is 27.3. The zero-order valence-corrected chi connectivity index (χ0v) is 15.0. The fourth-order valence-corrected chi connectivity index (χ4v) is 5.09. The Hall–Kier alpha value is -1.89. The van der Waals surface area contributed by atoms with Crippen molar-refractivity contribution in [1.82, 2.24) is 0 Å². The van der Waals surface area contributed by atoms with Crippen molar-refractivity contribution < 1.29 is 4.57 Å². The van der Waals surface area contributed by atoms with E-state index < -0.39 is 7.14 Å². The molecule has 1 nitrogen and oxygen atoms in total. The van der Waals surface area contributed by atoms with E-state index in [1.807, 2.05) is 96.8 Å². The fraction of sp³-hybridized carbons (Fsp3) is 0. The van der Waals surface area contributed by atoms with Crippen LogP contribution in [0, 0.1) is 0 Å². The standard InChI is InChI=1S/C20H16BrOP/c21-18-9-7-8-17(16-18)14-15-23(22,19-10-3-1-4-11-19)20-12-5-2-6-13-20/h1-16H/b15-14+. The molecule has 114 valence electrons. The van der Waals surface area contributed by atoms with Gasteiger partial charge in [-0.15, -0.1) is 0 Å². The third kappa shape index (κ3) is 3.72. The number of benzene rings is 3. The highest BCUT2D eigenvalue weighted by Gasteiger charge is 2.23. The Balaban J connectivity index is 2.08. The van der Waals surface area contributed by atoms with E-state index in [2.05, 4.69) is 15.9 Å². The normalized spacial score (nSPS) is 11.7. The summed E-state index contributed by atoms with van der Waals surface area (Å²) in [5.74, 6) is 1.85. The van der Waals surface area contributed by atoms with E-state index in [0.29, 0.717) is 0 Å². The van der Waals surface area contributed by atoms with Crippen LogP contribution in [-0.4, -0.2) is 0 Å². The molecular weight excluding hydrogens is 367 g/mol. The fourth-order valence-electron chi connectivity index (χ4n) is 2.42. The molecule has 3 aromatic rings. The molecule has 0 saturated heterocycles. The molecule has 0 N–H and O–H groups in total. The number of hydrogen-bond acceptors (Lipinski definition) is 1. The van der Waals surface area contributed by atoms with Crippen molar-refractivity contribution in [3.05, 3.63) is 101 Å². The van der Waals surface area contributed by atoms with Crippen LogP contribution in [0.2, 0.25) is 0 Å². The zero-order valence-electron chi connectivity index (χ0n) is 12.5. The van der Waals surface area contributed by atoms with Crippen molar-refractivity contribution in [2.75, 3.05) is 0 Å². The number of hydrogen-bond donors (Lipinski definition) is 0. The summed E-state index contributed by atoms with van der Waals surface area (Å²) in [4.78, 5) is 0. The van der Waals surface area contributed by atoms with Gasteiger partial charge in [0.1, 0.15) is 0 Å². The zero-order chi connectivity index (χ0) is 16.1. The Morgan fingerprint density at radius 3 is 1.83 bits per heavy atom. The van der Waals surface area contributed by atoms with Gasteiger partial charge in [0, 0.05) is 15.1 Å². The van der Waals surface area contributed by atoms with Gasteiger partial charge in [-0.1, -0.05) is 94.8 Å². The summed E-state index contributed by atoms with van der Waals surface area (Å²) >= 11 is 3.47. The summed E-state index contributed by atoms with van der Waals surface area (Å²) in [6.07, 6.45) is 1.94. The van der Waals surface area contributed by atoms with Crippen LogP contribution < -0.4 is 10.6 Å². The Kier molecular flexibility index (Phi) is 4.95. The van der Waals surface area contributed by atoms with E-state index in [1.54, 1.807) is 0 Å². The van der Waals surface area contributed by atoms with Crippen LogP contribution in [0.25, 0.3) is 6.08 Å². The van der Waals surface area contributed by atoms with E-state index in [1.165, 1.54) is 0 Å². The molecule has 0 aliphatic heterocycles. The van der Waals surface area contributed by atoms with Gasteiger partial charge in [0.05, 0.1) is 0 Å². The average molecular weight is 383 g/mol. The third-order valence-corrected chi connectivity index (χ3v) is 6.80. The SMILES string of the molecule is O=P(/C=C/c1cccc(Br)c1)(c1ccccc1)c1ccccc1. The minimum Gasteiger partial charge on any atom is -0.309 e. The van der Waals surface area contributed by atoms with Crippen molar-refractivity contribution >= 4 is 39.8 Å². The van der Waals surface area contributed by atoms with Gasteiger partial charge in [-0.3, -0.25) is 0 Å². The molecule has 0 aliphatic rings. The van der Waals surface area contributed by atoms with E-state index in [-0.39, 0.29) is 0 Å². The topological polar surface area (TPSA) is 17.1 Å². The molecule has 0 aromatic heterocycles. The lowest BCUT2D eigenvalue weighted by molar-refractivity contribution is 0.592. The first-order valence-electron chi connectivity index (χ1n) is 7.34. The highest BCUT2D eigenvalue weighted by Crippen LogP contribution is 2.45. The van der Waals surface area contributed by atoms with Gasteiger partial charge in [0.15, 0.2) is 7.14 Å². The molecule has 0 unspecified atom stereocenters. The van der Waals surface area contributed by atoms with Crippen LogP contribution in [0.1, 0.15) is 5.56 Å². The van der Waals surface area contributed by atoms with Gasteiger partial charge in [-0.05, 0) is 23.5 Å². The summed E-state index contributed by atoms with van der Waals surface area (Å²) < 4.78 is 14.8. The van der Waals surface area contributed by atoms with Gasteiger partial charge < -0.3 is 4.57 Å². The quantitative estimate of drug-likeness (QED) is 0.549. The van der Waals surface area contributed by atoms with Gasteiger partial charge in [-0.25, -0.2) is 0 Å². The Labute approximate surface area is 145 Å². The average Bonchev–Trinajstić information content (AvgIpc) is 2.61. The van der Waals surface area contributed by atoms with E-state index in [0.717, 1.165) is 20.6 Å². The number of halogens is 1. The lowest BCUT2D eigenvalue weighted by Gasteiger charge is -2.15. The van der Waals surface area contributed by atoms with Crippen LogP contribution in [-0.2, 0) is 4.57 Å². The number of rotatable bonds is 4. The maximum absolute atomic E-state index is 13.8. The molecule has 0 atom stereocenters. The van der Waals surface area contributed by atoms with E-state index >= 15 is 0 Å². The maximum Gasteiger partial charge on any atom is 0.164 e. The van der Waals surface area contributed by atoms with E-state index in [9.17, 15) is 4.57 Å². The second kappa shape index (κ2) is 7.12. The molecule has 0 spiro atoms. The van der Waals surface area contributed by atoms with Crippen LogP contribution in [0.4, 0.5) is 0 Å². The lowest BCUT2D eigenvalue weighted by atomic mass is 10.2. The lowest BCUT2D eigenvalue weighted by Crippen LogP contribution is -2.13. The van der Waals surface area contributed by atoms with Gasteiger partial charge >= 0.3 is 0 Å². The molecule has 0 saturated carbocycles. The van der Waals surface area contributed by atoms with Gasteiger partial charge in [-0.2, -0.15) is 0 Å². The van der Waals surface area contributed by atoms with Gasteiger partial charge in [0.25, 0.3) is 0 Å². The van der Waals surface area contributed by atoms with Crippen molar-refractivity contribution in [3.8, 4) is 0 Å². The van der Waals surface area contributed by atoms with Crippen LogP contribution in [0.3, 0.4) is 0 Å². The monoisotopic (exact) mass is 382 g/mol. The van der Waals surface area contributed by atoms with Crippen molar-refractivity contribution in [1.29, 1.82) is 0 Å². The highest BCUT2D eigenvalue weighted by atomic mass is 79.9. The molecule has 3 heteroatoms. The summed E-state index contributed by atoms with van der Waals surface area (Å²) in [5.41, 5.74) is 1.02. The molecule has 0 amide bonds. The molecule has 0 fully saturated rings. The molecule has 3 aromatic carbocycles. The smallest absolute Gasteiger partial charge is 0.164 e. The molecule has 3 rings (SSSR count).